The van der Waals surface area contributed by atoms with Gasteiger partial charge >= 0.3 is 0 Å². The summed E-state index contributed by atoms with van der Waals surface area (Å²) in [4.78, 5) is 2.55. The van der Waals surface area contributed by atoms with E-state index in [9.17, 15) is 0 Å². The van der Waals surface area contributed by atoms with Crippen molar-refractivity contribution in [2.75, 3.05) is 40.4 Å². The first-order valence-corrected chi connectivity index (χ1v) is 8.05. The van der Waals surface area contributed by atoms with E-state index in [0.717, 1.165) is 43.2 Å². The molecule has 0 spiro atoms. The predicted molar refractivity (Wildman–Crippen MR) is 105 cm³/mol. The van der Waals surface area contributed by atoms with Crippen molar-refractivity contribution in [2.24, 2.45) is 5.41 Å². The van der Waals surface area contributed by atoms with Gasteiger partial charge < -0.3 is 14.8 Å². The van der Waals surface area contributed by atoms with Gasteiger partial charge in [-0.05, 0) is 30.0 Å². The summed E-state index contributed by atoms with van der Waals surface area (Å²) in [5.41, 5.74) is 2.42. The van der Waals surface area contributed by atoms with Gasteiger partial charge in [0.2, 0.25) is 0 Å². The molecule has 1 atom stereocenters. The van der Waals surface area contributed by atoms with E-state index >= 15 is 0 Å². The van der Waals surface area contributed by atoms with Crippen LogP contribution in [-0.2, 0) is 0 Å². The molecule has 2 rings (SSSR count). The molecule has 1 aliphatic heterocycles. The Kier molecular flexibility index (Phi) is 9.44. The molecule has 0 saturated carbocycles. The quantitative estimate of drug-likeness (QED) is 0.862. The zero-order valence-corrected chi connectivity index (χ0v) is 17.3. The van der Waals surface area contributed by atoms with Crippen molar-refractivity contribution >= 4 is 24.8 Å². The standard InChI is InChI=1S/C18H30N2O2.2ClH/c1-13-11-14(21-5)16(15(12-13)22-6)17(18(2,3)4)20-9-7-19-8-10-20;;/h11-12,17,19H,7-10H2,1-6H3;2*1H/t17-;;/m0../s1. The highest BCUT2D eigenvalue weighted by atomic mass is 35.5. The Hall–Kier alpha value is -0.680. The zero-order valence-electron chi connectivity index (χ0n) is 15.6. The summed E-state index contributed by atoms with van der Waals surface area (Å²) in [7, 11) is 3.49. The third kappa shape index (κ3) is 5.16. The fraction of sp³-hybridized carbons (Fsp3) is 0.667. The van der Waals surface area contributed by atoms with E-state index in [2.05, 4.69) is 50.0 Å². The summed E-state index contributed by atoms with van der Waals surface area (Å²) in [5.74, 6) is 1.85. The van der Waals surface area contributed by atoms with Gasteiger partial charge in [-0.1, -0.05) is 20.8 Å². The molecule has 4 nitrogen and oxygen atoms in total. The topological polar surface area (TPSA) is 33.7 Å². The molecule has 24 heavy (non-hydrogen) atoms. The van der Waals surface area contributed by atoms with E-state index in [1.165, 1.54) is 5.56 Å². The summed E-state index contributed by atoms with van der Waals surface area (Å²) in [6.45, 7) is 13.1. The second kappa shape index (κ2) is 9.71. The number of rotatable bonds is 4. The van der Waals surface area contributed by atoms with Crippen LogP contribution < -0.4 is 14.8 Å². The van der Waals surface area contributed by atoms with Crippen LogP contribution in [0.3, 0.4) is 0 Å². The van der Waals surface area contributed by atoms with Gasteiger partial charge in [0.25, 0.3) is 0 Å². The molecular weight excluding hydrogens is 347 g/mol. The number of benzene rings is 1. The number of hydrogen-bond acceptors (Lipinski definition) is 4. The first kappa shape index (κ1) is 23.3. The number of piperazine rings is 1. The molecule has 0 unspecified atom stereocenters. The van der Waals surface area contributed by atoms with Crippen molar-refractivity contribution in [2.45, 2.75) is 33.7 Å². The highest BCUT2D eigenvalue weighted by Gasteiger charge is 2.36. The molecule has 1 aromatic rings. The fourth-order valence-electron chi connectivity index (χ4n) is 3.44. The molecule has 140 valence electrons. The number of methoxy groups -OCH3 is 2. The SMILES string of the molecule is COc1cc(C)cc(OC)c1[C@H](N1CCNCC1)C(C)(C)C.Cl.Cl. The number of nitrogens with zero attached hydrogens (tertiary/aromatic N) is 1. The Morgan fingerprint density at radius 3 is 1.83 bits per heavy atom. The van der Waals surface area contributed by atoms with E-state index in [4.69, 9.17) is 9.47 Å². The van der Waals surface area contributed by atoms with Crippen molar-refractivity contribution in [3.05, 3.63) is 23.3 Å². The third-order valence-corrected chi connectivity index (χ3v) is 4.30. The van der Waals surface area contributed by atoms with Gasteiger partial charge in [-0.2, -0.15) is 0 Å². The van der Waals surface area contributed by atoms with Crippen LogP contribution in [0, 0.1) is 12.3 Å². The normalized spacial score (nSPS) is 16.6. The highest BCUT2D eigenvalue weighted by molar-refractivity contribution is 5.85. The molecule has 0 radical (unpaired) electrons. The van der Waals surface area contributed by atoms with Crippen molar-refractivity contribution in [1.82, 2.24) is 10.2 Å². The minimum Gasteiger partial charge on any atom is -0.496 e. The van der Waals surface area contributed by atoms with Gasteiger partial charge in [0.15, 0.2) is 0 Å². The summed E-state index contributed by atoms with van der Waals surface area (Å²) in [5, 5.41) is 3.43. The Labute approximate surface area is 159 Å². The molecule has 0 aromatic heterocycles. The Morgan fingerprint density at radius 2 is 1.46 bits per heavy atom. The maximum atomic E-state index is 5.71. The van der Waals surface area contributed by atoms with E-state index in [1.807, 2.05) is 0 Å². The lowest BCUT2D eigenvalue weighted by atomic mass is 9.80. The summed E-state index contributed by atoms with van der Waals surface area (Å²) < 4.78 is 11.4. The fourth-order valence-corrected chi connectivity index (χ4v) is 3.44. The van der Waals surface area contributed by atoms with E-state index in [-0.39, 0.29) is 36.3 Å². The molecule has 0 bridgehead atoms. The zero-order chi connectivity index (χ0) is 16.3. The van der Waals surface area contributed by atoms with E-state index in [1.54, 1.807) is 14.2 Å². The molecule has 0 aliphatic carbocycles. The average molecular weight is 379 g/mol. The second-order valence-corrected chi connectivity index (χ2v) is 7.14. The van der Waals surface area contributed by atoms with Crippen molar-refractivity contribution < 1.29 is 9.47 Å². The molecule has 1 fully saturated rings. The molecule has 6 heteroatoms. The number of halogens is 2. The predicted octanol–water partition coefficient (Wildman–Crippen LogP) is 3.85. The van der Waals surface area contributed by atoms with E-state index < -0.39 is 0 Å². The highest BCUT2D eigenvalue weighted by Crippen LogP contribution is 2.46. The largest absolute Gasteiger partial charge is 0.496 e. The van der Waals surface area contributed by atoms with Crippen molar-refractivity contribution in [3.8, 4) is 11.5 Å². The van der Waals surface area contributed by atoms with Crippen LogP contribution in [0.25, 0.3) is 0 Å². The van der Waals surface area contributed by atoms with Gasteiger partial charge in [0.05, 0.1) is 19.8 Å². The number of aryl methyl sites for hydroxylation is 1. The van der Waals surface area contributed by atoms with Crippen LogP contribution in [0.4, 0.5) is 0 Å². The monoisotopic (exact) mass is 378 g/mol. The van der Waals surface area contributed by atoms with Gasteiger partial charge in [-0.3, -0.25) is 4.90 Å². The minimum atomic E-state index is 0. The maximum Gasteiger partial charge on any atom is 0.127 e. The lowest BCUT2D eigenvalue weighted by Crippen LogP contribution is -2.48. The molecule has 0 amide bonds. The summed E-state index contributed by atoms with van der Waals surface area (Å²) in [6.07, 6.45) is 0. The summed E-state index contributed by atoms with van der Waals surface area (Å²) in [6, 6.07) is 4.48. The number of ether oxygens (including phenoxy) is 2. The van der Waals surface area contributed by atoms with Crippen LogP contribution >= 0.6 is 24.8 Å². The van der Waals surface area contributed by atoms with Gasteiger partial charge in [-0.15, -0.1) is 24.8 Å². The lowest BCUT2D eigenvalue weighted by Gasteiger charge is -2.43. The van der Waals surface area contributed by atoms with Crippen LogP contribution in [0.15, 0.2) is 12.1 Å². The van der Waals surface area contributed by atoms with Gasteiger partial charge in [0.1, 0.15) is 11.5 Å². The molecule has 1 N–H and O–H groups in total. The van der Waals surface area contributed by atoms with Crippen LogP contribution in [0.1, 0.15) is 37.9 Å². The van der Waals surface area contributed by atoms with Crippen molar-refractivity contribution in [1.29, 1.82) is 0 Å². The lowest BCUT2D eigenvalue weighted by molar-refractivity contribution is 0.0820. The smallest absolute Gasteiger partial charge is 0.127 e. The van der Waals surface area contributed by atoms with Crippen LogP contribution in [-0.4, -0.2) is 45.3 Å². The van der Waals surface area contributed by atoms with E-state index in [0.29, 0.717) is 0 Å². The van der Waals surface area contributed by atoms with Gasteiger partial charge in [-0.25, -0.2) is 0 Å². The molecular formula is C18H32Cl2N2O2. The third-order valence-electron chi connectivity index (χ3n) is 4.30. The average Bonchev–Trinajstić information content (AvgIpc) is 2.48. The molecule has 1 heterocycles. The summed E-state index contributed by atoms with van der Waals surface area (Å²) >= 11 is 0. The molecule has 1 saturated heterocycles. The first-order valence-electron chi connectivity index (χ1n) is 8.05. The molecule has 1 aliphatic rings. The van der Waals surface area contributed by atoms with Gasteiger partial charge in [0, 0.05) is 32.2 Å². The minimum absolute atomic E-state index is 0. The maximum absolute atomic E-state index is 5.71. The first-order chi connectivity index (χ1) is 10.4. The van der Waals surface area contributed by atoms with Crippen LogP contribution in [0.5, 0.6) is 11.5 Å². The number of hydrogen-bond donors (Lipinski definition) is 1. The van der Waals surface area contributed by atoms with Crippen LogP contribution in [0.2, 0.25) is 0 Å². The Morgan fingerprint density at radius 1 is 1.00 bits per heavy atom. The van der Waals surface area contributed by atoms with Crippen molar-refractivity contribution in [3.63, 3.8) is 0 Å². The Balaban J connectivity index is 0.00000264. The second-order valence-electron chi connectivity index (χ2n) is 7.14. The Bertz CT molecular complexity index is 487. The number of nitrogens with one attached hydrogen (secondary N) is 1. The molecule has 1 aromatic carbocycles.